The van der Waals surface area contributed by atoms with Crippen molar-refractivity contribution in [3.63, 3.8) is 0 Å². The van der Waals surface area contributed by atoms with Gasteiger partial charge in [0.1, 0.15) is 0 Å². The number of rotatable bonds is 3. The van der Waals surface area contributed by atoms with Gasteiger partial charge in [-0.15, -0.1) is 0 Å². The van der Waals surface area contributed by atoms with E-state index in [2.05, 4.69) is 77.1 Å². The van der Waals surface area contributed by atoms with Crippen molar-refractivity contribution >= 4 is 11.8 Å². The lowest BCUT2D eigenvalue weighted by atomic mass is 9.87. The summed E-state index contributed by atoms with van der Waals surface area (Å²) in [4.78, 5) is 2.47. The molecular weight excluding hydrogens is 318 g/mol. The lowest BCUT2D eigenvalue weighted by Gasteiger charge is -2.31. The Morgan fingerprint density at radius 3 is 2.50 bits per heavy atom. The molecule has 0 radical (unpaired) electrons. The number of fused-ring (bicyclic) bond motifs is 5. The number of nitrogens with zero attached hydrogens (tertiary/aromatic N) is 3. The lowest BCUT2D eigenvalue weighted by Crippen LogP contribution is -2.25. The molecule has 0 atom stereocenters. The summed E-state index contributed by atoms with van der Waals surface area (Å²) >= 11 is 0. The second-order valence-electron chi connectivity index (χ2n) is 6.72. The predicted octanol–water partition coefficient (Wildman–Crippen LogP) is 5.49. The summed E-state index contributed by atoms with van der Waals surface area (Å²) in [5.41, 5.74) is 9.13. The molecule has 1 aliphatic rings. The predicted molar refractivity (Wildman–Crippen MR) is 109 cm³/mol. The van der Waals surface area contributed by atoms with Crippen LogP contribution in [0.5, 0.6) is 0 Å². The topological polar surface area (TPSA) is 29.0 Å². The van der Waals surface area contributed by atoms with Gasteiger partial charge in [0.25, 0.3) is 0 Å². The second-order valence-corrected chi connectivity index (χ2v) is 6.72. The van der Waals surface area contributed by atoms with Gasteiger partial charge in [-0.2, -0.15) is 10.2 Å². The molecule has 130 valence electrons. The maximum atomic E-state index is 4.44. The van der Waals surface area contributed by atoms with Crippen molar-refractivity contribution < 1.29 is 0 Å². The summed E-state index contributed by atoms with van der Waals surface area (Å²) in [6, 6.07) is 17.3. The van der Waals surface area contributed by atoms with E-state index in [1.165, 1.54) is 27.9 Å². The number of para-hydroxylation sites is 1. The third-order valence-electron chi connectivity index (χ3n) is 5.02. The highest BCUT2D eigenvalue weighted by Crippen LogP contribution is 2.44. The van der Waals surface area contributed by atoms with Crippen LogP contribution in [0.4, 0.5) is 5.69 Å². The standard InChI is InChI=1S/C23H23N3/c1-4-14-26-15-17-10-6-7-11-18(17)22-16(3)24-25-20(5-2)23(22)19-12-8-9-13-21(19)26/h5-13H,2,4,14-15H2,1,3H3. The minimum absolute atomic E-state index is 0.839. The molecule has 0 aliphatic carbocycles. The van der Waals surface area contributed by atoms with E-state index in [0.29, 0.717) is 0 Å². The number of hydrogen-bond donors (Lipinski definition) is 0. The molecule has 0 N–H and O–H groups in total. The SMILES string of the molecule is C=Cc1nnc(C)c2c1-c1ccccc1N(CCC)Cc1ccccc1-2. The zero-order chi connectivity index (χ0) is 18.1. The molecule has 0 bridgehead atoms. The zero-order valence-corrected chi connectivity index (χ0v) is 15.4. The van der Waals surface area contributed by atoms with Crippen molar-refractivity contribution in [1.29, 1.82) is 0 Å². The van der Waals surface area contributed by atoms with Crippen LogP contribution in [0.3, 0.4) is 0 Å². The Bertz CT molecular complexity index is 975. The summed E-state index contributed by atoms with van der Waals surface area (Å²) < 4.78 is 0. The zero-order valence-electron chi connectivity index (χ0n) is 15.4. The van der Waals surface area contributed by atoms with Crippen LogP contribution in [0.15, 0.2) is 55.1 Å². The molecule has 0 spiro atoms. The normalized spacial score (nSPS) is 12.5. The molecule has 4 rings (SSSR count). The highest BCUT2D eigenvalue weighted by Gasteiger charge is 2.25. The molecule has 1 aliphatic heterocycles. The Morgan fingerprint density at radius 2 is 1.73 bits per heavy atom. The summed E-state index contributed by atoms with van der Waals surface area (Å²) in [5.74, 6) is 0. The molecule has 3 aromatic rings. The summed E-state index contributed by atoms with van der Waals surface area (Å²) in [5, 5.41) is 8.87. The molecule has 0 amide bonds. The van der Waals surface area contributed by atoms with Gasteiger partial charge < -0.3 is 4.90 Å². The van der Waals surface area contributed by atoms with E-state index in [-0.39, 0.29) is 0 Å². The van der Waals surface area contributed by atoms with Crippen molar-refractivity contribution in [2.75, 3.05) is 11.4 Å². The molecule has 2 heterocycles. The average molecular weight is 341 g/mol. The first-order valence-corrected chi connectivity index (χ1v) is 9.17. The molecule has 0 saturated carbocycles. The maximum Gasteiger partial charge on any atom is 0.0937 e. The van der Waals surface area contributed by atoms with Crippen molar-refractivity contribution in [3.8, 4) is 22.3 Å². The van der Waals surface area contributed by atoms with Gasteiger partial charge in [-0.25, -0.2) is 0 Å². The van der Waals surface area contributed by atoms with Crippen LogP contribution in [-0.2, 0) is 6.54 Å². The first-order chi connectivity index (χ1) is 12.7. The fourth-order valence-corrected chi connectivity index (χ4v) is 3.91. The molecule has 3 nitrogen and oxygen atoms in total. The molecule has 3 heteroatoms. The average Bonchev–Trinajstić information content (AvgIpc) is 2.67. The van der Waals surface area contributed by atoms with Crippen LogP contribution in [0, 0.1) is 6.92 Å². The number of aromatic nitrogens is 2. The van der Waals surface area contributed by atoms with Crippen LogP contribution < -0.4 is 4.90 Å². The molecule has 0 unspecified atom stereocenters. The summed E-state index contributed by atoms with van der Waals surface area (Å²) in [7, 11) is 0. The van der Waals surface area contributed by atoms with Crippen molar-refractivity contribution in [1.82, 2.24) is 10.2 Å². The van der Waals surface area contributed by atoms with Gasteiger partial charge in [0.2, 0.25) is 0 Å². The Hall–Kier alpha value is -2.94. The summed E-state index contributed by atoms with van der Waals surface area (Å²) in [6.07, 6.45) is 2.92. The van der Waals surface area contributed by atoms with Gasteiger partial charge in [0.15, 0.2) is 0 Å². The minimum atomic E-state index is 0.839. The first kappa shape index (κ1) is 16.5. The van der Waals surface area contributed by atoms with Gasteiger partial charge in [-0.1, -0.05) is 56.0 Å². The van der Waals surface area contributed by atoms with Gasteiger partial charge in [-0.05, 0) is 36.6 Å². The molecule has 1 aromatic heterocycles. The Morgan fingerprint density at radius 1 is 1.00 bits per heavy atom. The van der Waals surface area contributed by atoms with Crippen LogP contribution in [0.1, 0.15) is 30.3 Å². The van der Waals surface area contributed by atoms with Gasteiger partial charge in [-0.3, -0.25) is 0 Å². The third-order valence-corrected chi connectivity index (χ3v) is 5.02. The molecule has 26 heavy (non-hydrogen) atoms. The van der Waals surface area contributed by atoms with Crippen LogP contribution in [0.25, 0.3) is 28.3 Å². The van der Waals surface area contributed by atoms with E-state index in [1.54, 1.807) is 0 Å². The smallest absolute Gasteiger partial charge is 0.0937 e. The van der Waals surface area contributed by atoms with E-state index in [1.807, 2.05) is 13.0 Å². The number of anilines is 1. The van der Waals surface area contributed by atoms with E-state index < -0.39 is 0 Å². The third kappa shape index (κ3) is 2.60. The monoisotopic (exact) mass is 341 g/mol. The molecule has 2 aromatic carbocycles. The fraction of sp³-hybridized carbons (Fsp3) is 0.217. The Kier molecular flexibility index (Phi) is 4.29. The highest BCUT2D eigenvalue weighted by molar-refractivity contribution is 5.95. The molecular formula is C23H23N3. The van der Waals surface area contributed by atoms with Crippen molar-refractivity contribution in [3.05, 3.63) is 72.1 Å². The van der Waals surface area contributed by atoms with E-state index in [0.717, 1.165) is 36.5 Å². The van der Waals surface area contributed by atoms with Crippen LogP contribution >= 0.6 is 0 Å². The molecule has 0 saturated heterocycles. The fourth-order valence-electron chi connectivity index (χ4n) is 3.91. The highest BCUT2D eigenvalue weighted by atomic mass is 15.1. The maximum absolute atomic E-state index is 4.44. The Balaban J connectivity index is 2.14. The number of aryl methyl sites for hydroxylation is 1. The first-order valence-electron chi connectivity index (χ1n) is 9.17. The second kappa shape index (κ2) is 6.75. The Labute approximate surface area is 155 Å². The van der Waals surface area contributed by atoms with E-state index >= 15 is 0 Å². The largest absolute Gasteiger partial charge is 0.367 e. The van der Waals surface area contributed by atoms with Crippen molar-refractivity contribution in [2.24, 2.45) is 0 Å². The van der Waals surface area contributed by atoms with Crippen LogP contribution in [0.2, 0.25) is 0 Å². The lowest BCUT2D eigenvalue weighted by molar-refractivity contribution is 0.767. The summed E-state index contributed by atoms with van der Waals surface area (Å²) in [6.45, 7) is 10.2. The quantitative estimate of drug-likeness (QED) is 0.630. The van der Waals surface area contributed by atoms with Gasteiger partial charge in [0, 0.05) is 35.5 Å². The molecule has 0 fully saturated rings. The van der Waals surface area contributed by atoms with Gasteiger partial charge in [0.05, 0.1) is 11.4 Å². The van der Waals surface area contributed by atoms with Gasteiger partial charge >= 0.3 is 0 Å². The minimum Gasteiger partial charge on any atom is -0.367 e. The van der Waals surface area contributed by atoms with E-state index in [4.69, 9.17) is 0 Å². The number of hydrogen-bond acceptors (Lipinski definition) is 3. The number of benzene rings is 2. The van der Waals surface area contributed by atoms with Crippen LogP contribution in [-0.4, -0.2) is 16.7 Å². The van der Waals surface area contributed by atoms with E-state index in [9.17, 15) is 0 Å². The van der Waals surface area contributed by atoms with Crippen molar-refractivity contribution in [2.45, 2.75) is 26.8 Å².